The van der Waals surface area contributed by atoms with Crippen molar-refractivity contribution in [2.75, 3.05) is 16.8 Å². The molecule has 0 saturated heterocycles. The number of hydrogen-bond acceptors (Lipinski definition) is 8. The molecule has 3 atom stereocenters. The smallest absolute Gasteiger partial charge is 0.269 e. The topological polar surface area (TPSA) is 180 Å². The van der Waals surface area contributed by atoms with Crippen LogP contribution in [0, 0.1) is 16.0 Å². The highest BCUT2D eigenvalue weighted by atomic mass is 16.6. The zero-order valence-electron chi connectivity index (χ0n) is 29.5. The van der Waals surface area contributed by atoms with Gasteiger partial charge in [-0.05, 0) is 47.4 Å². The van der Waals surface area contributed by atoms with Crippen molar-refractivity contribution in [3.8, 4) is 0 Å². The number of aryl methyl sites for hydroxylation is 1. The Labute approximate surface area is 310 Å². The summed E-state index contributed by atoms with van der Waals surface area (Å²) in [7, 11) is 0. The maximum Gasteiger partial charge on any atom is 0.269 e. The second kappa shape index (κ2) is 15.3. The van der Waals surface area contributed by atoms with Crippen LogP contribution in [0.15, 0.2) is 122 Å². The van der Waals surface area contributed by atoms with Crippen molar-refractivity contribution in [3.05, 3.63) is 160 Å². The summed E-state index contributed by atoms with van der Waals surface area (Å²) in [6.45, 7) is 2.15. The van der Waals surface area contributed by atoms with Crippen LogP contribution in [0.2, 0.25) is 0 Å². The van der Waals surface area contributed by atoms with Gasteiger partial charge in [0, 0.05) is 59.1 Å². The number of aromatic nitrogens is 4. The zero-order valence-corrected chi connectivity index (χ0v) is 29.5. The molecule has 2 aromatic heterocycles. The van der Waals surface area contributed by atoms with E-state index < -0.39 is 22.3 Å². The minimum absolute atomic E-state index is 0.0956. The highest BCUT2D eigenvalue weighted by Gasteiger charge is 2.53. The quantitative estimate of drug-likeness (QED) is 0.0601. The van der Waals surface area contributed by atoms with Gasteiger partial charge in [0.2, 0.25) is 5.91 Å². The van der Waals surface area contributed by atoms with Crippen LogP contribution in [0.25, 0.3) is 10.9 Å². The summed E-state index contributed by atoms with van der Waals surface area (Å²) in [6, 6.07) is 28.5. The van der Waals surface area contributed by atoms with Gasteiger partial charge in [-0.2, -0.15) is 0 Å². The van der Waals surface area contributed by atoms with E-state index >= 15 is 0 Å². The highest BCUT2D eigenvalue weighted by Crippen LogP contribution is 2.47. The predicted octanol–water partition coefficient (Wildman–Crippen LogP) is 5.99. The Balaban J connectivity index is 1.02. The fraction of sp³-hybridized carbons (Fsp3) is 0.220. The van der Waals surface area contributed by atoms with Gasteiger partial charge in [-0.3, -0.25) is 24.4 Å². The first kappa shape index (κ1) is 35.9. The lowest BCUT2D eigenvalue weighted by Crippen LogP contribution is -2.44. The molecule has 6 aromatic rings. The maximum atomic E-state index is 14.1. The van der Waals surface area contributed by atoms with E-state index in [9.17, 15) is 29.9 Å². The molecule has 0 radical (unpaired) electrons. The fourth-order valence-corrected chi connectivity index (χ4v) is 7.02. The molecule has 13 heteroatoms. The molecule has 0 aliphatic carbocycles. The molecule has 0 saturated carbocycles. The number of amides is 2. The number of rotatable bonds is 14. The van der Waals surface area contributed by atoms with Gasteiger partial charge in [-0.25, -0.2) is 0 Å². The third kappa shape index (κ3) is 7.14. The van der Waals surface area contributed by atoms with Crippen molar-refractivity contribution in [3.63, 3.8) is 0 Å². The largest absolute Gasteiger partial charge is 0.395 e. The molecule has 1 unspecified atom stereocenters. The molecule has 1 aliphatic rings. The minimum atomic E-state index is -2.06. The number of aromatic amines is 1. The zero-order chi connectivity index (χ0) is 37.8. The summed E-state index contributed by atoms with van der Waals surface area (Å²) >= 11 is 0. The van der Waals surface area contributed by atoms with Gasteiger partial charge >= 0.3 is 0 Å². The molecule has 4 aromatic carbocycles. The van der Waals surface area contributed by atoms with E-state index in [1.54, 1.807) is 48.1 Å². The number of benzene rings is 4. The first-order valence-corrected chi connectivity index (χ1v) is 17.6. The molecule has 3 heterocycles. The van der Waals surface area contributed by atoms with E-state index in [0.717, 1.165) is 27.6 Å². The van der Waals surface area contributed by atoms with E-state index in [1.807, 2.05) is 66.9 Å². The average Bonchev–Trinajstić information content (AvgIpc) is 3.88. The number of nitro benzene ring substituents is 1. The maximum absolute atomic E-state index is 14.1. The second-order valence-corrected chi connectivity index (χ2v) is 13.5. The summed E-state index contributed by atoms with van der Waals surface area (Å²) in [5, 5.41) is 46.2. The van der Waals surface area contributed by atoms with Gasteiger partial charge in [-0.15, -0.1) is 5.10 Å². The summed E-state index contributed by atoms with van der Waals surface area (Å²) in [4.78, 5) is 42.8. The number of nitrogens with zero attached hydrogens (tertiary/aromatic N) is 5. The molecular weight excluding hydrogens is 686 g/mol. The van der Waals surface area contributed by atoms with Crippen LogP contribution in [-0.4, -0.2) is 53.5 Å². The lowest BCUT2D eigenvalue weighted by atomic mass is 9.82. The number of aliphatic hydroxyl groups is 2. The number of H-pyrrole nitrogens is 1. The molecule has 2 amide bonds. The van der Waals surface area contributed by atoms with E-state index in [-0.39, 0.29) is 42.6 Å². The van der Waals surface area contributed by atoms with E-state index in [4.69, 9.17) is 0 Å². The van der Waals surface area contributed by atoms with Crippen molar-refractivity contribution in [1.29, 1.82) is 0 Å². The molecule has 54 heavy (non-hydrogen) atoms. The lowest BCUT2D eigenvalue weighted by molar-refractivity contribution is -0.385. The Kier molecular flexibility index (Phi) is 10.2. The monoisotopic (exact) mass is 725 g/mol. The van der Waals surface area contributed by atoms with Crippen LogP contribution in [0.5, 0.6) is 0 Å². The van der Waals surface area contributed by atoms with Crippen LogP contribution in [0.4, 0.5) is 17.1 Å². The van der Waals surface area contributed by atoms with Gasteiger partial charge in [0.1, 0.15) is 0 Å². The van der Waals surface area contributed by atoms with Crippen LogP contribution in [-0.2, 0) is 34.7 Å². The Morgan fingerprint density at radius 1 is 1.06 bits per heavy atom. The molecule has 7 rings (SSSR count). The fourth-order valence-electron chi connectivity index (χ4n) is 7.02. The Bertz CT molecular complexity index is 2340. The first-order valence-electron chi connectivity index (χ1n) is 17.6. The van der Waals surface area contributed by atoms with Crippen molar-refractivity contribution in [2.45, 2.75) is 44.4 Å². The molecule has 13 nitrogen and oxygen atoms in total. The standard InChI is InChI=1S/C41H39N7O6/c1-27(9-7-8-20-46-25-37(44-45-46)34(26-49)29-10-3-2-4-11-29)41(52)35-22-32(48(53)54)18-19-38(35)47(40(41)51)24-28-14-16-31(17-15-28)43-39(50)21-30-23-42-36-13-6-5-12-33(30)36/h2-7,9-19,22-23,25,27,34,42,49,52H,8,20-21,24,26H2,1H3,(H,43,50)/b9-7+/t27-,34?,41+/m1/s1. The van der Waals surface area contributed by atoms with Gasteiger partial charge in [0.25, 0.3) is 11.6 Å². The highest BCUT2D eigenvalue weighted by molar-refractivity contribution is 6.07. The van der Waals surface area contributed by atoms with Crippen molar-refractivity contribution in [1.82, 2.24) is 20.0 Å². The Morgan fingerprint density at radius 2 is 1.81 bits per heavy atom. The number of para-hydroxylation sites is 1. The number of aliphatic hydroxyl groups excluding tert-OH is 1. The van der Waals surface area contributed by atoms with Crippen LogP contribution in [0.3, 0.4) is 0 Å². The second-order valence-electron chi connectivity index (χ2n) is 13.5. The summed E-state index contributed by atoms with van der Waals surface area (Å²) in [6.07, 6.45) is 7.89. The molecule has 0 spiro atoms. The van der Waals surface area contributed by atoms with Crippen LogP contribution >= 0.6 is 0 Å². The van der Waals surface area contributed by atoms with Gasteiger partial charge in [0.15, 0.2) is 5.60 Å². The van der Waals surface area contributed by atoms with Crippen molar-refractivity contribution in [2.24, 2.45) is 5.92 Å². The van der Waals surface area contributed by atoms with Crippen molar-refractivity contribution >= 4 is 39.8 Å². The minimum Gasteiger partial charge on any atom is -0.395 e. The van der Waals surface area contributed by atoms with Gasteiger partial charge in [0.05, 0.1) is 41.8 Å². The number of hydrogen-bond donors (Lipinski definition) is 4. The van der Waals surface area contributed by atoms with E-state index in [1.165, 1.54) is 23.1 Å². The molecule has 0 bridgehead atoms. The summed E-state index contributed by atoms with van der Waals surface area (Å²) in [5.41, 5.74) is 3.02. The van der Waals surface area contributed by atoms with Gasteiger partial charge < -0.3 is 25.4 Å². The normalized spacial score (nSPS) is 16.5. The number of anilines is 2. The molecule has 1 aliphatic heterocycles. The van der Waals surface area contributed by atoms with E-state index in [0.29, 0.717) is 30.0 Å². The summed E-state index contributed by atoms with van der Waals surface area (Å²) < 4.78 is 1.67. The van der Waals surface area contributed by atoms with Crippen LogP contribution < -0.4 is 10.2 Å². The average molecular weight is 726 g/mol. The number of non-ortho nitro benzene ring substituents is 1. The Morgan fingerprint density at radius 3 is 2.57 bits per heavy atom. The summed E-state index contributed by atoms with van der Waals surface area (Å²) in [5.74, 6) is -1.81. The van der Waals surface area contributed by atoms with Crippen molar-refractivity contribution < 1.29 is 24.7 Å². The first-order chi connectivity index (χ1) is 26.1. The third-order valence-corrected chi connectivity index (χ3v) is 9.97. The molecular formula is C41H39N7O6. The number of allylic oxidation sites excluding steroid dienone is 1. The molecule has 4 N–H and O–H groups in total. The Hall–Kier alpha value is -6.44. The number of carbonyl (C=O) groups excluding carboxylic acids is 2. The van der Waals surface area contributed by atoms with E-state index in [2.05, 4.69) is 20.6 Å². The lowest BCUT2D eigenvalue weighted by Gasteiger charge is -2.27. The SMILES string of the molecule is C[C@H](/C=C/CCn1cc(C(CO)c2ccccc2)nn1)[C@@]1(O)C(=O)N(Cc2ccc(NC(=O)Cc3c[nH]c4ccccc34)cc2)c2ccc([N+](=O)[O-])cc21. The van der Waals surface area contributed by atoms with Gasteiger partial charge in [-0.1, -0.05) is 85.0 Å². The number of nitrogens with one attached hydrogen (secondary N) is 2. The molecule has 0 fully saturated rings. The number of carbonyl (C=O) groups is 2. The molecule has 274 valence electrons. The predicted molar refractivity (Wildman–Crippen MR) is 204 cm³/mol. The number of fused-ring (bicyclic) bond motifs is 2. The van der Waals surface area contributed by atoms with Crippen LogP contribution in [0.1, 0.15) is 47.2 Å². The third-order valence-electron chi connectivity index (χ3n) is 9.97. The number of nitro groups is 1.